The lowest BCUT2D eigenvalue weighted by Gasteiger charge is -2.09. The summed E-state index contributed by atoms with van der Waals surface area (Å²) < 4.78 is 1.32. The van der Waals surface area contributed by atoms with E-state index in [4.69, 9.17) is 4.84 Å². The van der Waals surface area contributed by atoms with Crippen LogP contribution in [-0.2, 0) is 4.79 Å². The number of rotatable bonds is 5. The van der Waals surface area contributed by atoms with Crippen molar-refractivity contribution < 1.29 is 9.63 Å². The Labute approximate surface area is 83.9 Å². The van der Waals surface area contributed by atoms with Gasteiger partial charge in [0, 0.05) is 6.20 Å². The second-order valence-electron chi connectivity index (χ2n) is 3.38. The topological polar surface area (TPSA) is 44.1 Å². The van der Waals surface area contributed by atoms with Gasteiger partial charge in [-0.25, -0.2) is 9.78 Å². The molecule has 0 aromatic carbocycles. The van der Waals surface area contributed by atoms with Gasteiger partial charge < -0.3 is 4.84 Å². The minimum absolute atomic E-state index is 0.0441. The molecule has 0 saturated carbocycles. The second-order valence-corrected chi connectivity index (χ2v) is 3.38. The first kappa shape index (κ1) is 10.8. The van der Waals surface area contributed by atoms with Crippen molar-refractivity contribution >= 4 is 5.97 Å². The standard InChI is InChI=1S/C10H16N2O2/c1-3-4-5-9(2)10(13)14-12-7-6-11-8-12/h6-9H,3-5H2,1-2H3. The molecular formula is C10H16N2O2. The van der Waals surface area contributed by atoms with Crippen molar-refractivity contribution in [2.75, 3.05) is 0 Å². The Kier molecular flexibility index (Phi) is 4.16. The largest absolute Gasteiger partial charge is 0.335 e. The van der Waals surface area contributed by atoms with E-state index in [1.807, 2.05) is 6.92 Å². The molecular weight excluding hydrogens is 180 g/mol. The van der Waals surface area contributed by atoms with Gasteiger partial charge in [-0.1, -0.05) is 26.7 Å². The molecule has 1 rings (SSSR count). The highest BCUT2D eigenvalue weighted by Crippen LogP contribution is 2.07. The van der Waals surface area contributed by atoms with Crippen LogP contribution in [0.3, 0.4) is 0 Å². The van der Waals surface area contributed by atoms with Crippen LogP contribution in [0.25, 0.3) is 0 Å². The van der Waals surface area contributed by atoms with E-state index in [0.29, 0.717) is 0 Å². The van der Waals surface area contributed by atoms with E-state index in [0.717, 1.165) is 19.3 Å². The number of aromatic nitrogens is 2. The van der Waals surface area contributed by atoms with Gasteiger partial charge in [0.1, 0.15) is 6.33 Å². The van der Waals surface area contributed by atoms with Gasteiger partial charge in [-0.2, -0.15) is 4.73 Å². The fourth-order valence-corrected chi connectivity index (χ4v) is 1.12. The summed E-state index contributed by atoms with van der Waals surface area (Å²) in [6.07, 6.45) is 7.67. The summed E-state index contributed by atoms with van der Waals surface area (Å²) in [5, 5.41) is 0. The molecule has 1 unspecified atom stereocenters. The van der Waals surface area contributed by atoms with E-state index in [2.05, 4.69) is 11.9 Å². The molecule has 0 bridgehead atoms. The highest BCUT2D eigenvalue weighted by atomic mass is 16.7. The summed E-state index contributed by atoms with van der Waals surface area (Å²) >= 11 is 0. The van der Waals surface area contributed by atoms with Crippen molar-refractivity contribution in [2.24, 2.45) is 5.92 Å². The molecule has 78 valence electrons. The summed E-state index contributed by atoms with van der Waals surface area (Å²) in [5.41, 5.74) is 0. The molecule has 4 nitrogen and oxygen atoms in total. The summed E-state index contributed by atoms with van der Waals surface area (Å²) in [7, 11) is 0. The first-order valence-electron chi connectivity index (χ1n) is 4.94. The van der Waals surface area contributed by atoms with Gasteiger partial charge in [0.25, 0.3) is 0 Å². The lowest BCUT2D eigenvalue weighted by Crippen LogP contribution is -2.24. The number of nitrogens with zero attached hydrogens (tertiary/aromatic N) is 2. The molecule has 0 aliphatic rings. The van der Waals surface area contributed by atoms with Crippen LogP contribution in [-0.4, -0.2) is 15.7 Å². The van der Waals surface area contributed by atoms with Gasteiger partial charge in [0.15, 0.2) is 0 Å². The Balaban J connectivity index is 2.34. The molecule has 0 fully saturated rings. The molecule has 0 aliphatic carbocycles. The average molecular weight is 196 g/mol. The maximum atomic E-state index is 11.4. The highest BCUT2D eigenvalue weighted by molar-refractivity contribution is 5.72. The Morgan fingerprint density at radius 1 is 1.64 bits per heavy atom. The van der Waals surface area contributed by atoms with Crippen LogP contribution in [0.2, 0.25) is 0 Å². The minimum atomic E-state index is -0.198. The van der Waals surface area contributed by atoms with E-state index in [-0.39, 0.29) is 11.9 Å². The van der Waals surface area contributed by atoms with Gasteiger partial charge in [-0.3, -0.25) is 0 Å². The van der Waals surface area contributed by atoms with Gasteiger partial charge in [-0.05, 0) is 6.42 Å². The van der Waals surface area contributed by atoms with Crippen molar-refractivity contribution in [2.45, 2.75) is 33.1 Å². The number of carbonyl (C=O) groups is 1. The number of hydrogen-bond acceptors (Lipinski definition) is 3. The van der Waals surface area contributed by atoms with Crippen LogP contribution in [0.5, 0.6) is 0 Å². The van der Waals surface area contributed by atoms with Crippen LogP contribution in [0, 0.1) is 5.92 Å². The van der Waals surface area contributed by atoms with Crippen LogP contribution in [0.15, 0.2) is 18.7 Å². The Hall–Kier alpha value is -1.32. The summed E-state index contributed by atoms with van der Waals surface area (Å²) in [4.78, 5) is 20.3. The van der Waals surface area contributed by atoms with Crippen molar-refractivity contribution in [3.05, 3.63) is 18.7 Å². The van der Waals surface area contributed by atoms with Crippen LogP contribution in [0.1, 0.15) is 33.1 Å². The second kappa shape index (κ2) is 5.42. The monoisotopic (exact) mass is 196 g/mol. The van der Waals surface area contributed by atoms with Gasteiger partial charge >= 0.3 is 5.97 Å². The molecule has 0 radical (unpaired) electrons. The summed E-state index contributed by atoms with van der Waals surface area (Å²) in [6, 6.07) is 0. The number of unbranched alkanes of at least 4 members (excludes halogenated alkanes) is 1. The Bertz CT molecular complexity index is 270. The fourth-order valence-electron chi connectivity index (χ4n) is 1.12. The molecule has 4 heteroatoms. The predicted molar refractivity (Wildman–Crippen MR) is 52.5 cm³/mol. The number of imidazole rings is 1. The summed E-state index contributed by atoms with van der Waals surface area (Å²) in [5.74, 6) is -0.242. The zero-order valence-corrected chi connectivity index (χ0v) is 8.64. The fraction of sp³-hybridized carbons (Fsp3) is 0.600. The number of carbonyl (C=O) groups excluding carboxylic acids is 1. The molecule has 0 spiro atoms. The number of hydrogen-bond donors (Lipinski definition) is 0. The van der Waals surface area contributed by atoms with E-state index in [1.165, 1.54) is 11.1 Å². The van der Waals surface area contributed by atoms with E-state index in [9.17, 15) is 4.79 Å². The van der Waals surface area contributed by atoms with Crippen LogP contribution in [0.4, 0.5) is 0 Å². The SMILES string of the molecule is CCCCC(C)C(=O)On1ccnc1. The van der Waals surface area contributed by atoms with E-state index < -0.39 is 0 Å². The van der Waals surface area contributed by atoms with Gasteiger partial charge in [0.05, 0.1) is 12.1 Å². The first-order chi connectivity index (χ1) is 6.74. The molecule has 0 N–H and O–H groups in total. The lowest BCUT2D eigenvalue weighted by atomic mass is 10.1. The third-order valence-corrected chi connectivity index (χ3v) is 2.07. The Morgan fingerprint density at radius 2 is 2.43 bits per heavy atom. The maximum absolute atomic E-state index is 11.4. The normalized spacial score (nSPS) is 12.4. The molecule has 0 saturated heterocycles. The zero-order chi connectivity index (χ0) is 10.4. The maximum Gasteiger partial charge on any atom is 0.335 e. The molecule has 1 heterocycles. The highest BCUT2D eigenvalue weighted by Gasteiger charge is 2.14. The zero-order valence-electron chi connectivity index (χ0n) is 8.64. The van der Waals surface area contributed by atoms with E-state index in [1.54, 1.807) is 12.4 Å². The van der Waals surface area contributed by atoms with E-state index >= 15 is 0 Å². The smallest absolute Gasteiger partial charge is 0.335 e. The molecule has 14 heavy (non-hydrogen) atoms. The van der Waals surface area contributed by atoms with Gasteiger partial charge in [-0.15, -0.1) is 0 Å². The van der Waals surface area contributed by atoms with Crippen molar-refractivity contribution in [1.29, 1.82) is 0 Å². The third-order valence-electron chi connectivity index (χ3n) is 2.07. The third kappa shape index (κ3) is 3.20. The van der Waals surface area contributed by atoms with Crippen LogP contribution < -0.4 is 4.84 Å². The minimum Gasteiger partial charge on any atom is -0.335 e. The Morgan fingerprint density at radius 3 is 3.00 bits per heavy atom. The molecule has 1 atom stereocenters. The summed E-state index contributed by atoms with van der Waals surface area (Å²) in [6.45, 7) is 3.99. The lowest BCUT2D eigenvalue weighted by molar-refractivity contribution is -0.148. The van der Waals surface area contributed by atoms with Crippen molar-refractivity contribution in [3.8, 4) is 0 Å². The molecule has 1 aromatic rings. The predicted octanol–water partition coefficient (Wildman–Crippen LogP) is 1.66. The quantitative estimate of drug-likeness (QED) is 0.719. The van der Waals surface area contributed by atoms with Crippen molar-refractivity contribution in [1.82, 2.24) is 9.71 Å². The first-order valence-corrected chi connectivity index (χ1v) is 4.94. The van der Waals surface area contributed by atoms with Crippen LogP contribution >= 0.6 is 0 Å². The van der Waals surface area contributed by atoms with Crippen molar-refractivity contribution in [3.63, 3.8) is 0 Å². The molecule has 1 aromatic heterocycles. The van der Waals surface area contributed by atoms with Gasteiger partial charge in [0.2, 0.25) is 0 Å². The molecule has 0 aliphatic heterocycles. The average Bonchev–Trinajstić information content (AvgIpc) is 2.66. The molecule has 0 amide bonds.